The molecule has 4 heteroatoms. The summed E-state index contributed by atoms with van der Waals surface area (Å²) in [5.41, 5.74) is 0. The Hall–Kier alpha value is 1.01. The number of alkyl halides is 1. The lowest BCUT2D eigenvalue weighted by molar-refractivity contribution is 2.12. The van der Waals surface area contributed by atoms with Crippen LogP contribution in [0.15, 0.2) is 0 Å². The van der Waals surface area contributed by atoms with Gasteiger partial charge in [-0.1, -0.05) is 47.8 Å². The van der Waals surface area contributed by atoms with Crippen LogP contribution >= 0.6 is 53.0 Å². The summed E-state index contributed by atoms with van der Waals surface area (Å²) in [7, 11) is 0. The molecule has 0 saturated heterocycles. The van der Waals surface area contributed by atoms with Gasteiger partial charge in [-0.15, -0.1) is 12.6 Å². The minimum atomic E-state index is 0. The number of thiol groups is 1. The second-order valence-electron chi connectivity index (χ2n) is 0.755. The Labute approximate surface area is 89.3 Å². The predicted octanol–water partition coefficient (Wildman–Crippen LogP) is 3.92. The number of hydrogen-bond donors (Lipinski definition) is 1. The van der Waals surface area contributed by atoms with Gasteiger partial charge in [0, 0.05) is 4.20 Å². The minimum Gasteiger partial charge on any atom is -0.137 e. The van der Waals surface area contributed by atoms with Crippen LogP contribution in [0.5, 0.6) is 0 Å². The maximum absolute atomic E-state index is 4.40. The van der Waals surface area contributed by atoms with Gasteiger partial charge in [0.1, 0.15) is 0 Å². The normalized spacial score (nSPS) is 4.50. The van der Waals surface area contributed by atoms with Crippen molar-refractivity contribution >= 4 is 62.6 Å². The van der Waals surface area contributed by atoms with Gasteiger partial charge < -0.3 is 0 Å². The van der Waals surface area contributed by atoms with E-state index in [1.54, 1.807) is 12.3 Å². The maximum Gasteiger partial charge on any atom is 0.0416 e. The molecular weight excluding hydrogens is 248 g/mol. The summed E-state index contributed by atoms with van der Waals surface area (Å²) in [5, 5.41) is 1.58. The fourth-order valence-electron chi connectivity index (χ4n) is 0. The van der Waals surface area contributed by atoms with Gasteiger partial charge in [-0.2, -0.15) is 0 Å². The molecule has 0 aromatic heterocycles. The highest BCUT2D eigenvalue weighted by Gasteiger charge is 1.57. The molecule has 0 aliphatic rings. The Bertz CT molecular complexity index is 60.0. The lowest BCUT2D eigenvalue weighted by Gasteiger charge is -1.60. The molecule has 0 aromatic rings. The van der Waals surface area contributed by atoms with E-state index in [1.807, 2.05) is 12.8 Å². The van der Waals surface area contributed by atoms with E-state index in [9.17, 15) is 0 Å². The van der Waals surface area contributed by atoms with Crippen molar-refractivity contribution in [2.45, 2.75) is 21.3 Å². The molecule has 10 heavy (non-hydrogen) atoms. The zero-order valence-corrected chi connectivity index (χ0v) is 9.83. The van der Waals surface area contributed by atoms with E-state index in [0.29, 0.717) is 4.20 Å². The second-order valence-corrected chi connectivity index (χ2v) is 2.81. The number of rotatable bonds is 0. The van der Waals surface area contributed by atoms with E-state index in [2.05, 4.69) is 53.0 Å². The molecule has 0 radical (unpaired) electrons. The Balaban J connectivity index is -0.0000000273. The van der Waals surface area contributed by atoms with E-state index in [4.69, 9.17) is 0 Å². The maximum atomic E-state index is 4.40. The first-order valence-electron chi connectivity index (χ1n) is 2.12. The first-order chi connectivity index (χ1) is 4.15. The van der Waals surface area contributed by atoms with Gasteiger partial charge in [0.25, 0.3) is 0 Å². The summed E-state index contributed by atoms with van der Waals surface area (Å²) in [4.78, 5) is 0. The summed E-state index contributed by atoms with van der Waals surface area (Å²) in [5.74, 6) is 1.81. The van der Waals surface area contributed by atoms with Gasteiger partial charge in [-0.05, 0) is 25.0 Å². The number of halogens is 1. The van der Waals surface area contributed by atoms with Crippen molar-refractivity contribution in [2.75, 3.05) is 5.83 Å². The van der Waals surface area contributed by atoms with Crippen LogP contribution in [-0.2, 0) is 0 Å². The lowest BCUT2D eigenvalue weighted by atomic mass is 11.0. The van der Waals surface area contributed by atoms with E-state index >= 15 is 0 Å². The van der Waals surface area contributed by atoms with Crippen LogP contribution in [0.25, 0.3) is 0 Å². The molecule has 0 aliphatic heterocycles. The molecule has 0 aromatic carbocycles. The van der Waals surface area contributed by atoms with Gasteiger partial charge in [-0.3, -0.25) is 0 Å². The predicted molar refractivity (Wildman–Crippen MR) is 68.2 cm³/mol. The molecule has 0 heterocycles. The first-order valence-corrected chi connectivity index (χ1v) is 5.03. The molecule has 0 amide bonds. The number of thiocarbonyl (C=S) groups is 2. The van der Waals surface area contributed by atoms with E-state index in [-0.39, 0.29) is 7.43 Å². The Morgan fingerprint density at radius 1 is 1.50 bits per heavy atom. The molecular formula is C6H15BrS3. The topological polar surface area (TPSA) is 0 Å². The molecule has 0 unspecified atom stereocenters. The average molecular weight is 263 g/mol. The van der Waals surface area contributed by atoms with Gasteiger partial charge >= 0.3 is 0 Å². The lowest BCUT2D eigenvalue weighted by Crippen LogP contribution is -1.55. The van der Waals surface area contributed by atoms with E-state index < -0.39 is 0 Å². The minimum absolute atomic E-state index is 0. The van der Waals surface area contributed by atoms with Crippen LogP contribution < -0.4 is 0 Å². The third-order valence-corrected chi connectivity index (χ3v) is 0. The quantitative estimate of drug-likeness (QED) is 0.399. The molecule has 0 bridgehead atoms. The Kier molecular flexibility index (Phi) is 72.7. The summed E-state index contributed by atoms with van der Waals surface area (Å²) in [6.07, 6.45) is 0. The highest BCUT2D eigenvalue weighted by atomic mass is 79.9. The molecule has 0 saturated carbocycles. The number of hydrogen-bond acceptors (Lipinski definition) is 2. The summed E-state index contributed by atoms with van der Waals surface area (Å²) in [6, 6.07) is 0. The van der Waals surface area contributed by atoms with E-state index in [1.165, 1.54) is 0 Å². The van der Waals surface area contributed by atoms with Crippen molar-refractivity contribution in [1.29, 1.82) is 0 Å². The van der Waals surface area contributed by atoms with Gasteiger partial charge in [0.05, 0.1) is 0 Å². The van der Waals surface area contributed by atoms with Crippen LogP contribution in [0.4, 0.5) is 0 Å². The molecule has 0 fully saturated rings. The smallest absolute Gasteiger partial charge is 0.0416 e. The molecule has 0 atom stereocenters. The van der Waals surface area contributed by atoms with Gasteiger partial charge in [0.15, 0.2) is 0 Å². The zero-order chi connectivity index (χ0) is 8.28. The third-order valence-electron chi connectivity index (χ3n) is 0. The third kappa shape index (κ3) is 567. The highest BCUT2D eigenvalue weighted by molar-refractivity contribution is 9.08. The van der Waals surface area contributed by atoms with E-state index in [0.717, 1.165) is 0 Å². The summed E-state index contributed by atoms with van der Waals surface area (Å²) in [6.45, 7) is 3.58. The van der Waals surface area contributed by atoms with Crippen LogP contribution in [0.2, 0.25) is 0 Å². The Morgan fingerprint density at radius 3 is 1.50 bits per heavy atom. The SMILES string of the molecule is C.CBr.CC(=S)S.CC=S. The van der Waals surface area contributed by atoms with Crippen LogP contribution in [0.1, 0.15) is 21.3 Å². The van der Waals surface area contributed by atoms with Crippen molar-refractivity contribution in [3.63, 3.8) is 0 Å². The van der Waals surface area contributed by atoms with Gasteiger partial charge in [0.2, 0.25) is 0 Å². The van der Waals surface area contributed by atoms with Gasteiger partial charge in [-0.25, -0.2) is 0 Å². The zero-order valence-electron chi connectivity index (χ0n) is 5.72. The molecule has 0 nitrogen and oxygen atoms in total. The van der Waals surface area contributed by atoms with Crippen LogP contribution in [-0.4, -0.2) is 15.4 Å². The molecule has 0 rings (SSSR count). The summed E-state index contributed by atoms with van der Waals surface area (Å²) >= 11 is 15.3. The summed E-state index contributed by atoms with van der Waals surface area (Å²) < 4.78 is 0.694. The molecule has 0 aliphatic carbocycles. The largest absolute Gasteiger partial charge is 0.137 e. The highest BCUT2D eigenvalue weighted by Crippen LogP contribution is 1.73. The second kappa shape index (κ2) is 32.4. The van der Waals surface area contributed by atoms with Crippen molar-refractivity contribution in [3.05, 3.63) is 0 Å². The molecule has 0 N–H and O–H groups in total. The fraction of sp³-hybridized carbons (Fsp3) is 0.667. The van der Waals surface area contributed by atoms with Crippen molar-refractivity contribution in [1.82, 2.24) is 0 Å². The Morgan fingerprint density at radius 2 is 1.50 bits per heavy atom. The van der Waals surface area contributed by atoms with Crippen molar-refractivity contribution < 1.29 is 0 Å². The van der Waals surface area contributed by atoms with Crippen molar-refractivity contribution in [2.24, 2.45) is 0 Å². The van der Waals surface area contributed by atoms with Crippen LogP contribution in [0, 0.1) is 0 Å². The monoisotopic (exact) mass is 262 g/mol. The average Bonchev–Trinajstić information content (AvgIpc) is 1.71. The first kappa shape index (κ1) is 22.5. The standard InChI is InChI=1S/C2H4S2.C2H4S.CH3Br.CH4/c1-2(3)4;1-2-3;1-2;/h1H3,(H,3,4);2H,1H3;1H3;1H4. The van der Waals surface area contributed by atoms with Crippen LogP contribution in [0.3, 0.4) is 0 Å². The van der Waals surface area contributed by atoms with Crippen molar-refractivity contribution in [3.8, 4) is 0 Å². The fourth-order valence-corrected chi connectivity index (χ4v) is 0. The molecule has 0 spiro atoms. The molecule has 64 valence electrons.